The van der Waals surface area contributed by atoms with Crippen LogP contribution in [0.3, 0.4) is 0 Å². The lowest BCUT2D eigenvalue weighted by molar-refractivity contribution is -0.113. The van der Waals surface area contributed by atoms with Crippen molar-refractivity contribution in [2.24, 2.45) is 0 Å². The first kappa shape index (κ1) is 16.5. The summed E-state index contributed by atoms with van der Waals surface area (Å²) in [5, 5.41) is 3.59. The van der Waals surface area contributed by atoms with Crippen LogP contribution in [0.5, 0.6) is 0 Å². The zero-order valence-corrected chi connectivity index (χ0v) is 14.8. The molecule has 1 heterocycles. The van der Waals surface area contributed by atoms with Crippen LogP contribution >= 0.6 is 23.1 Å². The van der Waals surface area contributed by atoms with Gasteiger partial charge in [0.2, 0.25) is 5.91 Å². The Morgan fingerprint density at radius 2 is 1.88 bits per heavy atom. The minimum Gasteiger partial charge on any atom is -0.389 e. The molecule has 0 aliphatic carbocycles. The summed E-state index contributed by atoms with van der Waals surface area (Å²) >= 11 is 2.81. The smallest absolute Gasteiger partial charge is 0.234 e. The number of nitrogens with two attached hydrogens (primary N) is 1. The van der Waals surface area contributed by atoms with Gasteiger partial charge in [0.15, 0.2) is 4.34 Å². The number of nitrogens with one attached hydrogen (secondary N) is 1. The van der Waals surface area contributed by atoms with E-state index in [4.69, 9.17) is 5.73 Å². The number of hydrogen-bond acceptors (Lipinski definition) is 5. The van der Waals surface area contributed by atoms with Crippen LogP contribution < -0.4 is 11.1 Å². The van der Waals surface area contributed by atoms with Crippen LogP contribution in [-0.2, 0) is 4.79 Å². The molecule has 0 atom stereocenters. The van der Waals surface area contributed by atoms with E-state index in [9.17, 15) is 4.79 Å². The number of amides is 1. The molecule has 1 aromatic heterocycles. The number of aromatic nitrogens is 1. The molecule has 1 amide bonds. The molecule has 2 aromatic carbocycles. The van der Waals surface area contributed by atoms with Crippen molar-refractivity contribution in [1.29, 1.82) is 0 Å². The van der Waals surface area contributed by atoms with Gasteiger partial charge in [-0.25, -0.2) is 4.98 Å². The number of carbonyl (C=O) groups is 1. The number of rotatable bonds is 5. The molecule has 0 unspecified atom stereocenters. The monoisotopic (exact) mass is 355 g/mol. The van der Waals surface area contributed by atoms with Crippen LogP contribution in [0.1, 0.15) is 5.56 Å². The van der Waals surface area contributed by atoms with Gasteiger partial charge >= 0.3 is 0 Å². The van der Waals surface area contributed by atoms with Gasteiger partial charge in [0.25, 0.3) is 0 Å². The number of nitrogen functional groups attached to an aromatic ring is 1. The van der Waals surface area contributed by atoms with Crippen LogP contribution in [0.2, 0.25) is 0 Å². The van der Waals surface area contributed by atoms with E-state index in [1.54, 1.807) is 0 Å². The Kier molecular flexibility index (Phi) is 5.17. The van der Waals surface area contributed by atoms with Gasteiger partial charge in [0.05, 0.1) is 5.75 Å². The Balaban J connectivity index is 1.63. The zero-order valence-electron chi connectivity index (χ0n) is 13.2. The molecule has 4 nitrogen and oxygen atoms in total. The number of anilines is 2. The third-order valence-electron chi connectivity index (χ3n) is 3.43. The number of benzene rings is 2. The topological polar surface area (TPSA) is 68.0 Å². The maximum atomic E-state index is 12.1. The minimum absolute atomic E-state index is 0.0515. The molecule has 0 saturated heterocycles. The highest BCUT2D eigenvalue weighted by Crippen LogP contribution is 2.35. The molecule has 3 aromatic rings. The second kappa shape index (κ2) is 7.51. The second-order valence-electron chi connectivity index (χ2n) is 5.21. The molecule has 6 heteroatoms. The molecule has 3 N–H and O–H groups in total. The Morgan fingerprint density at radius 1 is 1.17 bits per heavy atom. The van der Waals surface area contributed by atoms with E-state index in [2.05, 4.69) is 10.3 Å². The average Bonchev–Trinajstić information content (AvgIpc) is 2.97. The molecule has 0 saturated carbocycles. The fraction of sp³-hybridized carbons (Fsp3) is 0.111. The van der Waals surface area contributed by atoms with E-state index in [1.165, 1.54) is 23.1 Å². The van der Waals surface area contributed by atoms with Gasteiger partial charge in [-0.05, 0) is 18.6 Å². The molecule has 24 heavy (non-hydrogen) atoms. The van der Waals surface area contributed by atoms with Crippen molar-refractivity contribution in [3.63, 3.8) is 0 Å². The van der Waals surface area contributed by atoms with Crippen molar-refractivity contribution in [3.8, 4) is 11.3 Å². The minimum atomic E-state index is -0.0515. The lowest BCUT2D eigenvalue weighted by Gasteiger charge is -2.06. The van der Waals surface area contributed by atoms with Crippen molar-refractivity contribution >= 4 is 39.7 Å². The first-order chi connectivity index (χ1) is 11.6. The number of carbonyl (C=O) groups excluding carboxylic acids is 1. The van der Waals surface area contributed by atoms with Crippen LogP contribution in [0.15, 0.2) is 58.9 Å². The van der Waals surface area contributed by atoms with Crippen LogP contribution in [0, 0.1) is 6.92 Å². The van der Waals surface area contributed by atoms with Gasteiger partial charge in [-0.1, -0.05) is 71.6 Å². The van der Waals surface area contributed by atoms with E-state index >= 15 is 0 Å². The molecule has 122 valence electrons. The predicted octanol–water partition coefficient (Wildman–Crippen LogP) is 4.43. The van der Waals surface area contributed by atoms with Crippen molar-refractivity contribution in [3.05, 3.63) is 60.2 Å². The van der Waals surface area contributed by atoms with Gasteiger partial charge in [-0.15, -0.1) is 0 Å². The number of thiazole rings is 1. The van der Waals surface area contributed by atoms with Crippen LogP contribution in [-0.4, -0.2) is 16.6 Å². The molecule has 0 aliphatic rings. The van der Waals surface area contributed by atoms with Crippen molar-refractivity contribution in [2.75, 3.05) is 16.8 Å². The van der Waals surface area contributed by atoms with Crippen molar-refractivity contribution < 1.29 is 4.79 Å². The third kappa shape index (κ3) is 3.96. The standard InChI is InChI=1S/C18H17N3OS2/c1-12-7-5-6-10-14(12)20-15(22)11-23-18-21-16(17(19)24-18)13-8-3-2-4-9-13/h2-10H,11,19H2,1H3,(H,20,22). The van der Waals surface area contributed by atoms with Crippen LogP contribution in [0.25, 0.3) is 11.3 Å². The number of aryl methyl sites for hydroxylation is 1. The highest BCUT2D eigenvalue weighted by Gasteiger charge is 2.12. The Hall–Kier alpha value is -2.31. The van der Waals surface area contributed by atoms with Gasteiger partial charge in [0.1, 0.15) is 10.7 Å². The SMILES string of the molecule is Cc1ccccc1NC(=O)CSc1nc(-c2ccccc2)c(N)s1. The number of para-hydroxylation sites is 1. The lowest BCUT2D eigenvalue weighted by Crippen LogP contribution is -2.14. The van der Waals surface area contributed by atoms with E-state index in [1.807, 2.05) is 61.5 Å². The highest BCUT2D eigenvalue weighted by atomic mass is 32.2. The van der Waals surface area contributed by atoms with Gasteiger partial charge in [0, 0.05) is 11.3 Å². The molecule has 0 fully saturated rings. The maximum absolute atomic E-state index is 12.1. The average molecular weight is 355 g/mol. The summed E-state index contributed by atoms with van der Waals surface area (Å²) in [5.74, 6) is 0.250. The molecule has 0 spiro atoms. The summed E-state index contributed by atoms with van der Waals surface area (Å²) < 4.78 is 0.797. The molecule has 3 rings (SSSR count). The van der Waals surface area contributed by atoms with Gasteiger partial charge in [-0.3, -0.25) is 4.79 Å². The van der Waals surface area contributed by atoms with Crippen molar-refractivity contribution in [1.82, 2.24) is 4.98 Å². The molecule has 0 aliphatic heterocycles. The Labute approximate surface area is 149 Å². The van der Waals surface area contributed by atoms with E-state index in [-0.39, 0.29) is 5.91 Å². The quantitative estimate of drug-likeness (QED) is 0.664. The Bertz CT molecular complexity index is 846. The lowest BCUT2D eigenvalue weighted by atomic mass is 10.2. The first-order valence-corrected chi connectivity index (χ1v) is 9.23. The number of thioether (sulfide) groups is 1. The fourth-order valence-corrected chi connectivity index (χ4v) is 3.95. The third-order valence-corrected chi connectivity index (χ3v) is 5.45. The van der Waals surface area contributed by atoms with E-state index in [0.29, 0.717) is 10.8 Å². The predicted molar refractivity (Wildman–Crippen MR) is 102 cm³/mol. The zero-order chi connectivity index (χ0) is 16.9. The summed E-state index contributed by atoms with van der Waals surface area (Å²) in [6, 6.07) is 17.5. The highest BCUT2D eigenvalue weighted by molar-refractivity contribution is 8.01. The number of nitrogens with zero attached hydrogens (tertiary/aromatic N) is 1. The fourth-order valence-electron chi connectivity index (χ4n) is 2.20. The molecular weight excluding hydrogens is 338 g/mol. The van der Waals surface area contributed by atoms with Crippen molar-refractivity contribution in [2.45, 2.75) is 11.3 Å². The van der Waals surface area contributed by atoms with E-state index in [0.717, 1.165) is 26.8 Å². The normalized spacial score (nSPS) is 10.5. The maximum Gasteiger partial charge on any atom is 0.234 e. The summed E-state index contributed by atoms with van der Waals surface area (Å²) in [7, 11) is 0. The Morgan fingerprint density at radius 3 is 2.62 bits per heavy atom. The van der Waals surface area contributed by atoms with E-state index < -0.39 is 0 Å². The summed E-state index contributed by atoms with van der Waals surface area (Å²) in [6.45, 7) is 1.97. The van der Waals surface area contributed by atoms with Gasteiger partial charge in [-0.2, -0.15) is 0 Å². The molecular formula is C18H17N3OS2. The largest absolute Gasteiger partial charge is 0.389 e. The first-order valence-electron chi connectivity index (χ1n) is 7.43. The molecule has 0 bridgehead atoms. The van der Waals surface area contributed by atoms with Gasteiger partial charge < -0.3 is 11.1 Å². The molecule has 0 radical (unpaired) electrons. The second-order valence-corrected chi connectivity index (χ2v) is 7.46. The van der Waals surface area contributed by atoms with Crippen LogP contribution in [0.4, 0.5) is 10.7 Å². The summed E-state index contributed by atoms with van der Waals surface area (Å²) in [4.78, 5) is 16.7. The summed E-state index contributed by atoms with van der Waals surface area (Å²) in [5.41, 5.74) is 9.72. The number of hydrogen-bond donors (Lipinski definition) is 2. The summed E-state index contributed by atoms with van der Waals surface area (Å²) in [6.07, 6.45) is 0.